The smallest absolute Gasteiger partial charge is 0.258 e. The van der Waals surface area contributed by atoms with Crippen LogP contribution in [0.1, 0.15) is 21.6 Å². The molecule has 0 unspecified atom stereocenters. The van der Waals surface area contributed by atoms with Gasteiger partial charge in [0.05, 0.1) is 6.33 Å². The quantitative estimate of drug-likeness (QED) is 0.744. The van der Waals surface area contributed by atoms with Crippen LogP contribution in [-0.4, -0.2) is 27.5 Å². The van der Waals surface area contributed by atoms with Crippen LogP contribution >= 0.6 is 0 Å². The first-order valence-electron chi connectivity index (χ1n) is 7.39. The van der Waals surface area contributed by atoms with E-state index < -0.39 is 0 Å². The number of aromatic nitrogens is 3. The third-order valence-electron chi connectivity index (χ3n) is 3.67. The topological polar surface area (TPSA) is 51.0 Å². The minimum atomic E-state index is -0.0388. The zero-order valence-corrected chi connectivity index (χ0v) is 13.2. The van der Waals surface area contributed by atoms with E-state index in [0.717, 1.165) is 16.9 Å². The molecule has 0 spiro atoms. The van der Waals surface area contributed by atoms with Crippen LogP contribution in [0.2, 0.25) is 0 Å². The van der Waals surface area contributed by atoms with Crippen LogP contribution in [0.4, 0.5) is 5.69 Å². The average molecular weight is 306 g/mol. The van der Waals surface area contributed by atoms with Crippen molar-refractivity contribution in [3.8, 4) is 0 Å². The van der Waals surface area contributed by atoms with Gasteiger partial charge in [0.2, 0.25) is 0 Å². The lowest BCUT2D eigenvalue weighted by atomic mass is 10.1. The maximum absolute atomic E-state index is 12.7. The molecule has 0 bridgehead atoms. The zero-order chi connectivity index (χ0) is 16.2. The number of amides is 1. The molecule has 0 aliphatic carbocycles. The number of carbonyl (C=O) groups excluding carboxylic acids is 1. The van der Waals surface area contributed by atoms with Gasteiger partial charge in [-0.1, -0.05) is 12.1 Å². The summed E-state index contributed by atoms with van der Waals surface area (Å²) in [5, 5.41) is 0. The van der Waals surface area contributed by atoms with Crippen molar-refractivity contribution in [3.05, 3.63) is 78.1 Å². The van der Waals surface area contributed by atoms with Gasteiger partial charge in [-0.25, -0.2) is 4.98 Å². The number of aryl methyl sites for hydroxylation is 1. The van der Waals surface area contributed by atoms with Gasteiger partial charge in [0, 0.05) is 49.1 Å². The lowest BCUT2D eigenvalue weighted by Crippen LogP contribution is -2.26. The van der Waals surface area contributed by atoms with E-state index in [2.05, 4.69) is 9.97 Å². The summed E-state index contributed by atoms with van der Waals surface area (Å²) < 4.78 is 1.97. The Morgan fingerprint density at radius 2 is 2.09 bits per heavy atom. The summed E-state index contributed by atoms with van der Waals surface area (Å²) in [5.41, 5.74) is 3.45. The molecule has 0 atom stereocenters. The molecule has 0 saturated heterocycles. The lowest BCUT2D eigenvalue weighted by Gasteiger charge is -2.18. The maximum atomic E-state index is 12.7. The van der Waals surface area contributed by atoms with Crippen LogP contribution in [0.3, 0.4) is 0 Å². The predicted molar refractivity (Wildman–Crippen MR) is 89.5 cm³/mol. The second-order valence-corrected chi connectivity index (χ2v) is 5.45. The summed E-state index contributed by atoms with van der Waals surface area (Å²) in [6, 6.07) is 11.4. The molecule has 2 heterocycles. The Hall–Kier alpha value is -2.95. The standard InChI is InChI=1S/C18H18N4O/c1-14-10-17(6-7-20-14)21(2)18(23)16-5-3-4-15(11-16)12-22-9-8-19-13-22/h3-11,13H,12H2,1-2H3. The summed E-state index contributed by atoms with van der Waals surface area (Å²) in [5.74, 6) is -0.0388. The summed E-state index contributed by atoms with van der Waals surface area (Å²) >= 11 is 0. The fourth-order valence-corrected chi connectivity index (χ4v) is 2.44. The molecular formula is C18H18N4O. The second kappa shape index (κ2) is 6.44. The molecule has 3 rings (SSSR count). The van der Waals surface area contributed by atoms with Crippen LogP contribution in [0.25, 0.3) is 0 Å². The highest BCUT2D eigenvalue weighted by Crippen LogP contribution is 2.17. The van der Waals surface area contributed by atoms with Crippen LogP contribution in [-0.2, 0) is 6.54 Å². The summed E-state index contributed by atoms with van der Waals surface area (Å²) in [6.45, 7) is 2.60. The zero-order valence-electron chi connectivity index (χ0n) is 13.2. The van der Waals surface area contributed by atoms with Crippen LogP contribution in [0.5, 0.6) is 0 Å². The normalized spacial score (nSPS) is 10.5. The number of hydrogen-bond acceptors (Lipinski definition) is 3. The monoisotopic (exact) mass is 306 g/mol. The minimum Gasteiger partial charge on any atom is -0.333 e. The first-order chi connectivity index (χ1) is 11.1. The summed E-state index contributed by atoms with van der Waals surface area (Å²) in [4.78, 5) is 22.5. The SMILES string of the molecule is Cc1cc(N(C)C(=O)c2cccc(Cn3ccnc3)c2)ccn1. The molecular weight excluding hydrogens is 288 g/mol. The van der Waals surface area contributed by atoms with Crippen molar-refractivity contribution in [1.82, 2.24) is 14.5 Å². The molecule has 0 aliphatic heterocycles. The number of hydrogen-bond donors (Lipinski definition) is 0. The van der Waals surface area contributed by atoms with Crippen molar-refractivity contribution in [2.45, 2.75) is 13.5 Å². The number of anilines is 1. The summed E-state index contributed by atoms with van der Waals surface area (Å²) in [6.07, 6.45) is 7.12. The van der Waals surface area contributed by atoms with Crippen molar-refractivity contribution in [3.63, 3.8) is 0 Å². The van der Waals surface area contributed by atoms with Gasteiger partial charge in [0.25, 0.3) is 5.91 Å². The van der Waals surface area contributed by atoms with E-state index in [-0.39, 0.29) is 5.91 Å². The fraction of sp³-hybridized carbons (Fsp3) is 0.167. The molecule has 0 fully saturated rings. The Morgan fingerprint density at radius 1 is 1.22 bits per heavy atom. The van der Waals surface area contributed by atoms with Crippen molar-refractivity contribution < 1.29 is 4.79 Å². The highest BCUT2D eigenvalue weighted by Gasteiger charge is 2.14. The molecule has 0 saturated carbocycles. The third-order valence-corrected chi connectivity index (χ3v) is 3.67. The average Bonchev–Trinajstić information content (AvgIpc) is 3.06. The van der Waals surface area contributed by atoms with Gasteiger partial charge in [0.1, 0.15) is 0 Å². The van der Waals surface area contributed by atoms with Crippen molar-refractivity contribution >= 4 is 11.6 Å². The molecule has 0 radical (unpaired) electrons. The molecule has 5 nitrogen and oxygen atoms in total. The molecule has 0 aliphatic rings. The highest BCUT2D eigenvalue weighted by molar-refractivity contribution is 6.05. The van der Waals surface area contributed by atoms with E-state index >= 15 is 0 Å². The number of rotatable bonds is 4. The minimum absolute atomic E-state index is 0.0388. The molecule has 2 aromatic heterocycles. The Morgan fingerprint density at radius 3 is 2.83 bits per heavy atom. The molecule has 1 amide bonds. The van der Waals surface area contributed by atoms with Crippen molar-refractivity contribution in [2.75, 3.05) is 11.9 Å². The van der Waals surface area contributed by atoms with E-state index in [0.29, 0.717) is 12.1 Å². The van der Waals surface area contributed by atoms with E-state index in [1.165, 1.54) is 0 Å². The number of carbonyl (C=O) groups is 1. The van der Waals surface area contributed by atoms with Gasteiger partial charge < -0.3 is 9.47 Å². The van der Waals surface area contributed by atoms with Gasteiger partial charge in [-0.3, -0.25) is 9.78 Å². The third kappa shape index (κ3) is 3.45. The van der Waals surface area contributed by atoms with Crippen LogP contribution < -0.4 is 4.90 Å². The molecule has 1 aromatic carbocycles. The van der Waals surface area contributed by atoms with E-state index in [1.54, 1.807) is 30.7 Å². The van der Waals surface area contributed by atoms with Gasteiger partial charge in [-0.2, -0.15) is 0 Å². The van der Waals surface area contributed by atoms with Gasteiger partial charge in [-0.15, -0.1) is 0 Å². The molecule has 5 heteroatoms. The fourth-order valence-electron chi connectivity index (χ4n) is 2.44. The number of imidazole rings is 1. The predicted octanol–water partition coefficient (Wildman–Crippen LogP) is 2.91. The van der Waals surface area contributed by atoms with Crippen molar-refractivity contribution in [1.29, 1.82) is 0 Å². The Balaban J connectivity index is 1.82. The summed E-state index contributed by atoms with van der Waals surface area (Å²) in [7, 11) is 1.78. The Labute approximate surface area is 135 Å². The maximum Gasteiger partial charge on any atom is 0.258 e. The first-order valence-corrected chi connectivity index (χ1v) is 7.39. The molecule has 116 valence electrons. The van der Waals surface area contributed by atoms with Crippen LogP contribution in [0.15, 0.2) is 61.3 Å². The highest BCUT2D eigenvalue weighted by atomic mass is 16.2. The van der Waals surface area contributed by atoms with E-state index in [9.17, 15) is 4.79 Å². The van der Waals surface area contributed by atoms with Gasteiger partial charge >= 0.3 is 0 Å². The Kier molecular flexibility index (Phi) is 4.19. The van der Waals surface area contributed by atoms with Gasteiger partial charge in [-0.05, 0) is 36.8 Å². The second-order valence-electron chi connectivity index (χ2n) is 5.45. The van der Waals surface area contributed by atoms with Gasteiger partial charge in [0.15, 0.2) is 0 Å². The number of nitrogens with zero attached hydrogens (tertiary/aromatic N) is 4. The first kappa shape index (κ1) is 15.0. The molecule has 0 N–H and O–H groups in total. The number of benzene rings is 1. The van der Waals surface area contributed by atoms with Crippen molar-refractivity contribution in [2.24, 2.45) is 0 Å². The molecule has 23 heavy (non-hydrogen) atoms. The van der Waals surface area contributed by atoms with Crippen LogP contribution in [0, 0.1) is 6.92 Å². The molecule has 3 aromatic rings. The van der Waals surface area contributed by atoms with E-state index in [1.807, 2.05) is 54.1 Å². The largest absolute Gasteiger partial charge is 0.333 e. The number of pyridine rings is 1. The van der Waals surface area contributed by atoms with E-state index in [4.69, 9.17) is 0 Å². The lowest BCUT2D eigenvalue weighted by molar-refractivity contribution is 0.0993. The Bertz CT molecular complexity index is 811.